The number of carbonyl (C=O) groups excluding carboxylic acids is 1. The van der Waals surface area contributed by atoms with E-state index in [2.05, 4.69) is 53.0 Å². The van der Waals surface area contributed by atoms with Crippen molar-refractivity contribution in [3.63, 3.8) is 0 Å². The lowest BCUT2D eigenvalue weighted by molar-refractivity contribution is -0.132. The number of aromatic nitrogens is 2. The number of aryl methyl sites for hydroxylation is 1. The summed E-state index contributed by atoms with van der Waals surface area (Å²) in [5.74, 6) is -0.383. The number of hydrogen-bond donors (Lipinski definition) is 1. The first-order valence-corrected chi connectivity index (χ1v) is 11.5. The van der Waals surface area contributed by atoms with Crippen LogP contribution in [0.1, 0.15) is 17.0 Å². The molecule has 1 saturated heterocycles. The van der Waals surface area contributed by atoms with E-state index in [1.54, 1.807) is 12.1 Å². The lowest BCUT2D eigenvalue weighted by atomic mass is 9.99. The van der Waals surface area contributed by atoms with Gasteiger partial charge in [0.15, 0.2) is 0 Å². The van der Waals surface area contributed by atoms with E-state index in [1.165, 1.54) is 11.3 Å². The first kappa shape index (κ1) is 21.5. The molecule has 1 N–H and O–H groups in total. The third-order valence-corrected chi connectivity index (χ3v) is 6.69. The fourth-order valence-electron chi connectivity index (χ4n) is 4.60. The highest BCUT2D eigenvalue weighted by Crippen LogP contribution is 2.38. The number of H-pyrrole nitrogens is 1. The van der Waals surface area contributed by atoms with E-state index >= 15 is 0 Å². The Kier molecular flexibility index (Phi) is 5.81. The molecule has 5 rings (SSSR count). The number of aromatic amines is 1. The Morgan fingerprint density at radius 2 is 1.76 bits per heavy atom. The van der Waals surface area contributed by atoms with Crippen LogP contribution in [-0.2, 0) is 4.79 Å². The van der Waals surface area contributed by atoms with Crippen molar-refractivity contribution >= 4 is 34.2 Å². The Hall–Kier alpha value is -3.31. The van der Waals surface area contributed by atoms with Crippen molar-refractivity contribution in [2.24, 2.45) is 0 Å². The van der Waals surface area contributed by atoms with Crippen molar-refractivity contribution in [2.75, 3.05) is 31.1 Å². The number of fused-ring (bicyclic) bond motifs is 1. The summed E-state index contributed by atoms with van der Waals surface area (Å²) < 4.78 is 0. The SMILES string of the molecule is [CH2][C@H](C(=O)N1CCN(c2c(-c3ccccc3)cnc3[nH]cc(C)c23)CC1)c1ccc(Cl)cc1. The van der Waals surface area contributed by atoms with Gasteiger partial charge in [-0.3, -0.25) is 4.79 Å². The highest BCUT2D eigenvalue weighted by atomic mass is 35.5. The minimum Gasteiger partial charge on any atom is -0.367 e. The van der Waals surface area contributed by atoms with Crippen LogP contribution in [0.2, 0.25) is 5.02 Å². The van der Waals surface area contributed by atoms with Crippen LogP contribution in [0.3, 0.4) is 0 Å². The van der Waals surface area contributed by atoms with Crippen LogP contribution in [-0.4, -0.2) is 47.0 Å². The zero-order valence-electron chi connectivity index (χ0n) is 18.6. The molecular weight excluding hydrogens is 432 g/mol. The summed E-state index contributed by atoms with van der Waals surface area (Å²) in [4.78, 5) is 25.4. The normalized spacial score (nSPS) is 15.1. The Morgan fingerprint density at radius 1 is 1.06 bits per heavy atom. The van der Waals surface area contributed by atoms with Gasteiger partial charge >= 0.3 is 0 Å². The Labute approximate surface area is 199 Å². The van der Waals surface area contributed by atoms with Gasteiger partial charge in [-0.15, -0.1) is 0 Å². The Morgan fingerprint density at radius 3 is 2.45 bits per heavy atom. The van der Waals surface area contributed by atoms with Crippen molar-refractivity contribution in [3.8, 4) is 11.1 Å². The smallest absolute Gasteiger partial charge is 0.230 e. The van der Waals surface area contributed by atoms with Gasteiger partial charge in [0.05, 0.1) is 11.6 Å². The van der Waals surface area contributed by atoms with Gasteiger partial charge in [0.25, 0.3) is 0 Å². The molecule has 2 aromatic carbocycles. The molecule has 0 spiro atoms. The standard InChI is InChI=1S/C27H26ClN4O/c1-18-16-29-26-24(18)25(23(17-30-26)21-6-4-3-5-7-21)31-12-14-32(15-13-31)27(33)19(2)20-8-10-22(28)11-9-20/h3-11,16-17,19H,2,12-15H2,1H3,(H,29,30)/t19-/m0/s1. The molecule has 1 aliphatic heterocycles. The van der Waals surface area contributed by atoms with Crippen LogP contribution in [0.15, 0.2) is 67.0 Å². The molecule has 33 heavy (non-hydrogen) atoms. The van der Waals surface area contributed by atoms with Gasteiger partial charge in [-0.25, -0.2) is 4.98 Å². The summed E-state index contributed by atoms with van der Waals surface area (Å²) in [5.41, 5.74) is 6.38. The van der Waals surface area contributed by atoms with E-state index in [1.807, 2.05) is 35.5 Å². The summed E-state index contributed by atoms with van der Waals surface area (Å²) in [6.45, 7) is 9.05. The predicted molar refractivity (Wildman–Crippen MR) is 135 cm³/mol. The minimum atomic E-state index is -0.437. The average Bonchev–Trinajstić information content (AvgIpc) is 3.24. The third kappa shape index (κ3) is 4.09. The molecule has 1 amide bonds. The van der Waals surface area contributed by atoms with E-state index in [4.69, 9.17) is 11.6 Å². The molecule has 1 atom stereocenters. The number of nitrogens with zero attached hydrogens (tertiary/aromatic N) is 3. The van der Waals surface area contributed by atoms with Gasteiger partial charge in [0, 0.05) is 54.5 Å². The van der Waals surface area contributed by atoms with Crippen molar-refractivity contribution in [2.45, 2.75) is 12.8 Å². The fourth-order valence-corrected chi connectivity index (χ4v) is 4.73. The van der Waals surface area contributed by atoms with E-state index in [0.29, 0.717) is 18.1 Å². The van der Waals surface area contributed by atoms with Crippen LogP contribution in [0, 0.1) is 13.8 Å². The summed E-state index contributed by atoms with van der Waals surface area (Å²) in [5, 5.41) is 1.80. The number of nitrogens with one attached hydrogen (secondary N) is 1. The van der Waals surface area contributed by atoms with Gasteiger partial charge in [-0.2, -0.15) is 0 Å². The number of pyridine rings is 1. The zero-order chi connectivity index (χ0) is 22.9. The topological polar surface area (TPSA) is 52.2 Å². The van der Waals surface area contributed by atoms with Gasteiger partial charge in [-0.1, -0.05) is 54.1 Å². The zero-order valence-corrected chi connectivity index (χ0v) is 19.3. The number of hydrogen-bond acceptors (Lipinski definition) is 3. The molecule has 2 aromatic heterocycles. The lowest BCUT2D eigenvalue weighted by Gasteiger charge is -2.38. The molecule has 167 valence electrons. The van der Waals surface area contributed by atoms with Crippen molar-refractivity contribution in [3.05, 3.63) is 90.1 Å². The maximum Gasteiger partial charge on any atom is 0.230 e. The van der Waals surface area contributed by atoms with Crippen LogP contribution in [0.5, 0.6) is 0 Å². The van der Waals surface area contributed by atoms with Gasteiger partial charge < -0.3 is 14.8 Å². The van der Waals surface area contributed by atoms with E-state index in [0.717, 1.165) is 40.8 Å². The minimum absolute atomic E-state index is 0.0537. The van der Waals surface area contributed by atoms with Gasteiger partial charge in [-0.05, 0) is 42.7 Å². The molecule has 1 fully saturated rings. The van der Waals surface area contributed by atoms with Gasteiger partial charge in [0.1, 0.15) is 5.65 Å². The highest BCUT2D eigenvalue weighted by molar-refractivity contribution is 6.30. The molecule has 0 aliphatic carbocycles. The monoisotopic (exact) mass is 457 g/mol. The maximum atomic E-state index is 13.1. The quantitative estimate of drug-likeness (QED) is 0.442. The first-order chi connectivity index (χ1) is 16.0. The Bertz CT molecular complexity index is 1270. The second-order valence-corrected chi connectivity index (χ2v) is 8.93. The first-order valence-electron chi connectivity index (χ1n) is 11.2. The summed E-state index contributed by atoms with van der Waals surface area (Å²) >= 11 is 5.99. The second kappa shape index (κ2) is 8.91. The molecule has 5 nitrogen and oxygen atoms in total. The number of piperazine rings is 1. The molecular formula is C27H26ClN4O. The summed E-state index contributed by atoms with van der Waals surface area (Å²) in [7, 11) is 0. The summed E-state index contributed by atoms with van der Waals surface area (Å²) in [6, 6.07) is 17.7. The predicted octanol–water partition coefficient (Wildman–Crippen LogP) is 5.46. The molecule has 4 aromatic rings. The van der Waals surface area contributed by atoms with Crippen LogP contribution in [0.4, 0.5) is 5.69 Å². The molecule has 1 aliphatic rings. The summed E-state index contributed by atoms with van der Waals surface area (Å²) in [6.07, 6.45) is 3.96. The highest BCUT2D eigenvalue weighted by Gasteiger charge is 2.28. The largest absolute Gasteiger partial charge is 0.367 e. The molecule has 1 radical (unpaired) electrons. The number of benzene rings is 2. The maximum absolute atomic E-state index is 13.1. The molecule has 0 unspecified atom stereocenters. The third-order valence-electron chi connectivity index (χ3n) is 6.43. The van der Waals surface area contributed by atoms with E-state index in [9.17, 15) is 4.79 Å². The molecule has 0 saturated carbocycles. The van der Waals surface area contributed by atoms with Crippen LogP contribution in [0.25, 0.3) is 22.2 Å². The number of rotatable bonds is 4. The molecule has 0 bridgehead atoms. The van der Waals surface area contributed by atoms with Crippen molar-refractivity contribution < 1.29 is 4.79 Å². The van der Waals surface area contributed by atoms with Crippen molar-refractivity contribution in [1.29, 1.82) is 0 Å². The number of halogens is 1. The second-order valence-electron chi connectivity index (χ2n) is 8.50. The Balaban J connectivity index is 1.41. The van der Waals surface area contributed by atoms with E-state index < -0.39 is 5.92 Å². The number of anilines is 1. The molecule has 6 heteroatoms. The number of amides is 1. The lowest BCUT2D eigenvalue weighted by Crippen LogP contribution is -2.50. The fraction of sp³-hybridized carbons (Fsp3) is 0.222. The van der Waals surface area contributed by atoms with Crippen LogP contribution >= 0.6 is 11.6 Å². The van der Waals surface area contributed by atoms with Gasteiger partial charge in [0.2, 0.25) is 5.91 Å². The average molecular weight is 458 g/mol. The molecule has 3 heterocycles. The van der Waals surface area contributed by atoms with Crippen LogP contribution < -0.4 is 4.90 Å². The van der Waals surface area contributed by atoms with E-state index in [-0.39, 0.29) is 5.91 Å². The number of carbonyl (C=O) groups is 1. The van der Waals surface area contributed by atoms with Crippen molar-refractivity contribution in [1.82, 2.24) is 14.9 Å².